The van der Waals surface area contributed by atoms with Gasteiger partial charge < -0.3 is 25.4 Å². The van der Waals surface area contributed by atoms with Crippen LogP contribution in [0.25, 0.3) is 0 Å². The number of amides is 1. The molecule has 0 aliphatic heterocycles. The fourth-order valence-electron chi connectivity index (χ4n) is 2.35. The van der Waals surface area contributed by atoms with Crippen LogP contribution in [0.3, 0.4) is 0 Å². The van der Waals surface area contributed by atoms with E-state index in [1.54, 1.807) is 14.2 Å². The summed E-state index contributed by atoms with van der Waals surface area (Å²) in [6.07, 6.45) is 0.955. The number of carbonyl (C=O) groups excluding carboxylic acids is 1. The molecule has 1 amide bonds. The summed E-state index contributed by atoms with van der Waals surface area (Å²) < 4.78 is 10.1. The highest BCUT2D eigenvalue weighted by Crippen LogP contribution is 2.21. The number of ether oxygens (including phenoxy) is 2. The van der Waals surface area contributed by atoms with Crippen LogP contribution in [0.1, 0.15) is 31.7 Å². The van der Waals surface area contributed by atoms with Gasteiger partial charge in [0.2, 0.25) is 5.91 Å². The predicted octanol–water partition coefficient (Wildman–Crippen LogP) is 1.51. The zero-order valence-corrected chi connectivity index (χ0v) is 16.3. The number of guanidine groups is 1. The van der Waals surface area contributed by atoms with Crippen LogP contribution >= 0.6 is 0 Å². The van der Waals surface area contributed by atoms with Crippen LogP contribution in [0.5, 0.6) is 5.75 Å². The third-order valence-electron chi connectivity index (χ3n) is 3.91. The van der Waals surface area contributed by atoms with Crippen molar-refractivity contribution in [1.82, 2.24) is 16.0 Å². The summed E-state index contributed by atoms with van der Waals surface area (Å²) in [5.74, 6) is 1.81. The van der Waals surface area contributed by atoms with E-state index in [1.165, 1.54) is 5.56 Å². The monoisotopic (exact) mass is 364 g/mol. The quantitative estimate of drug-likeness (QED) is 0.315. The van der Waals surface area contributed by atoms with E-state index in [1.807, 2.05) is 19.1 Å². The lowest BCUT2D eigenvalue weighted by Gasteiger charge is -2.15. The molecule has 1 aromatic carbocycles. The zero-order valence-electron chi connectivity index (χ0n) is 16.3. The second kappa shape index (κ2) is 13.0. The molecule has 146 valence electrons. The van der Waals surface area contributed by atoms with E-state index in [-0.39, 0.29) is 12.5 Å². The fourth-order valence-corrected chi connectivity index (χ4v) is 2.35. The standard InChI is InChI=1S/C19H32N4O3/c1-5-20-19(23-14-18(24)21-12-13-25-3)22-11-10-15(2)16-6-8-17(26-4)9-7-16/h6-9,15H,5,10-14H2,1-4H3,(H,21,24)(H2,20,22,23). The molecule has 0 fully saturated rings. The van der Waals surface area contributed by atoms with Crippen molar-refractivity contribution in [3.05, 3.63) is 29.8 Å². The Labute approximate surface area is 156 Å². The van der Waals surface area contributed by atoms with E-state index in [0.29, 0.717) is 25.0 Å². The molecule has 0 aliphatic rings. The van der Waals surface area contributed by atoms with Gasteiger partial charge in [0.05, 0.1) is 13.7 Å². The molecule has 1 unspecified atom stereocenters. The van der Waals surface area contributed by atoms with E-state index in [2.05, 4.69) is 40.0 Å². The van der Waals surface area contributed by atoms with Gasteiger partial charge in [-0.05, 0) is 37.0 Å². The van der Waals surface area contributed by atoms with Gasteiger partial charge in [-0.1, -0.05) is 19.1 Å². The molecule has 3 N–H and O–H groups in total. The Hall–Kier alpha value is -2.28. The van der Waals surface area contributed by atoms with Crippen LogP contribution in [0.2, 0.25) is 0 Å². The molecular weight excluding hydrogens is 332 g/mol. The molecule has 0 heterocycles. The lowest BCUT2D eigenvalue weighted by Crippen LogP contribution is -2.39. The first-order chi connectivity index (χ1) is 12.6. The van der Waals surface area contributed by atoms with Gasteiger partial charge in [0.25, 0.3) is 0 Å². The fraction of sp³-hybridized carbons (Fsp3) is 0.579. The Balaban J connectivity index is 2.41. The summed E-state index contributed by atoms with van der Waals surface area (Å²) in [6.45, 7) is 6.78. The Morgan fingerprint density at radius 1 is 1.12 bits per heavy atom. The summed E-state index contributed by atoms with van der Waals surface area (Å²) in [7, 11) is 3.27. The molecule has 1 atom stereocenters. The molecule has 0 radical (unpaired) electrons. The summed E-state index contributed by atoms with van der Waals surface area (Å²) in [4.78, 5) is 16.0. The van der Waals surface area contributed by atoms with Crippen molar-refractivity contribution >= 4 is 11.9 Å². The molecule has 1 aromatic rings. The Morgan fingerprint density at radius 2 is 1.85 bits per heavy atom. The highest BCUT2D eigenvalue weighted by Gasteiger charge is 2.07. The third-order valence-corrected chi connectivity index (χ3v) is 3.91. The van der Waals surface area contributed by atoms with Gasteiger partial charge in [-0.25, -0.2) is 4.99 Å². The van der Waals surface area contributed by atoms with Crippen molar-refractivity contribution in [2.24, 2.45) is 4.99 Å². The van der Waals surface area contributed by atoms with Crippen molar-refractivity contribution in [3.63, 3.8) is 0 Å². The highest BCUT2D eigenvalue weighted by molar-refractivity contribution is 5.84. The van der Waals surface area contributed by atoms with Crippen molar-refractivity contribution in [2.45, 2.75) is 26.2 Å². The molecule has 0 aliphatic carbocycles. The van der Waals surface area contributed by atoms with Crippen molar-refractivity contribution in [1.29, 1.82) is 0 Å². The van der Waals surface area contributed by atoms with Crippen LogP contribution in [0.15, 0.2) is 29.3 Å². The van der Waals surface area contributed by atoms with Crippen LogP contribution < -0.4 is 20.7 Å². The summed E-state index contributed by atoms with van der Waals surface area (Å²) in [6, 6.07) is 8.14. The minimum Gasteiger partial charge on any atom is -0.497 e. The molecule has 1 rings (SSSR count). The maximum Gasteiger partial charge on any atom is 0.241 e. The molecule has 7 heteroatoms. The molecule has 0 saturated heterocycles. The van der Waals surface area contributed by atoms with Gasteiger partial charge in [-0.3, -0.25) is 4.79 Å². The van der Waals surface area contributed by atoms with Crippen LogP contribution in [-0.4, -0.2) is 58.9 Å². The zero-order chi connectivity index (χ0) is 19.2. The number of benzene rings is 1. The van der Waals surface area contributed by atoms with E-state index in [4.69, 9.17) is 9.47 Å². The van der Waals surface area contributed by atoms with Gasteiger partial charge in [0, 0.05) is 26.7 Å². The number of methoxy groups -OCH3 is 2. The summed E-state index contributed by atoms with van der Waals surface area (Å²) in [5, 5.41) is 9.18. The second-order valence-electron chi connectivity index (χ2n) is 5.93. The number of aliphatic imine (C=N–C) groups is 1. The average Bonchev–Trinajstić information content (AvgIpc) is 2.66. The predicted molar refractivity (Wildman–Crippen MR) is 105 cm³/mol. The first kappa shape index (κ1) is 21.8. The maximum absolute atomic E-state index is 11.7. The van der Waals surface area contributed by atoms with Crippen LogP contribution in [0.4, 0.5) is 0 Å². The number of nitrogens with zero attached hydrogens (tertiary/aromatic N) is 1. The molecule has 26 heavy (non-hydrogen) atoms. The van der Waals surface area contributed by atoms with Gasteiger partial charge in [-0.2, -0.15) is 0 Å². The van der Waals surface area contributed by atoms with Crippen molar-refractivity contribution in [2.75, 3.05) is 47.0 Å². The van der Waals surface area contributed by atoms with E-state index >= 15 is 0 Å². The van der Waals surface area contributed by atoms with Crippen LogP contribution in [-0.2, 0) is 9.53 Å². The Bertz CT molecular complexity index is 546. The minimum absolute atomic E-state index is 0.0904. The highest BCUT2D eigenvalue weighted by atomic mass is 16.5. The van der Waals surface area contributed by atoms with E-state index in [9.17, 15) is 4.79 Å². The lowest BCUT2D eigenvalue weighted by atomic mass is 9.98. The smallest absolute Gasteiger partial charge is 0.241 e. The summed E-state index contributed by atoms with van der Waals surface area (Å²) >= 11 is 0. The molecular formula is C19H32N4O3. The molecule has 0 saturated carbocycles. The summed E-state index contributed by atoms with van der Waals surface area (Å²) in [5.41, 5.74) is 1.27. The Morgan fingerprint density at radius 3 is 2.46 bits per heavy atom. The van der Waals surface area contributed by atoms with Gasteiger partial charge in [0.15, 0.2) is 5.96 Å². The van der Waals surface area contributed by atoms with Gasteiger partial charge in [0.1, 0.15) is 12.3 Å². The largest absolute Gasteiger partial charge is 0.497 e. The van der Waals surface area contributed by atoms with Crippen molar-refractivity contribution < 1.29 is 14.3 Å². The molecule has 0 aromatic heterocycles. The second-order valence-corrected chi connectivity index (χ2v) is 5.93. The average molecular weight is 364 g/mol. The van der Waals surface area contributed by atoms with Gasteiger partial charge in [-0.15, -0.1) is 0 Å². The van der Waals surface area contributed by atoms with Crippen molar-refractivity contribution in [3.8, 4) is 5.75 Å². The third kappa shape index (κ3) is 8.71. The number of hydrogen-bond acceptors (Lipinski definition) is 4. The topological polar surface area (TPSA) is 84.0 Å². The van der Waals surface area contributed by atoms with E-state index < -0.39 is 0 Å². The minimum atomic E-state index is -0.120. The molecule has 7 nitrogen and oxygen atoms in total. The number of rotatable bonds is 11. The first-order valence-corrected chi connectivity index (χ1v) is 9.02. The lowest BCUT2D eigenvalue weighted by molar-refractivity contribution is -0.119. The number of carbonyl (C=O) groups is 1. The SMILES string of the molecule is CCNC(=NCC(=O)NCCOC)NCCC(C)c1ccc(OC)cc1. The van der Waals surface area contributed by atoms with Crippen LogP contribution in [0, 0.1) is 0 Å². The van der Waals surface area contributed by atoms with E-state index in [0.717, 1.165) is 25.3 Å². The normalized spacial score (nSPS) is 12.4. The number of nitrogens with one attached hydrogen (secondary N) is 3. The molecule has 0 bridgehead atoms. The number of hydrogen-bond donors (Lipinski definition) is 3. The van der Waals surface area contributed by atoms with Gasteiger partial charge >= 0.3 is 0 Å². The molecule has 0 spiro atoms. The Kier molecular flexibility index (Phi) is 10.9. The first-order valence-electron chi connectivity index (χ1n) is 9.02. The maximum atomic E-state index is 11.7.